The van der Waals surface area contributed by atoms with Crippen molar-refractivity contribution in [3.05, 3.63) is 27.7 Å². The third-order valence-corrected chi connectivity index (χ3v) is 2.81. The minimum Gasteiger partial charge on any atom is -0.506 e. The fourth-order valence-electron chi connectivity index (χ4n) is 1.17. The second-order valence-corrected chi connectivity index (χ2v) is 5.32. The molecule has 0 atom stereocenters. The smallest absolute Gasteiger partial charge is 0.271 e. The van der Waals surface area contributed by atoms with E-state index in [1.807, 2.05) is 0 Å². The number of hydrogen-bond donors (Lipinski definition) is 3. The summed E-state index contributed by atoms with van der Waals surface area (Å²) in [6.45, 7) is 4.23. The molecule has 0 spiro atoms. The van der Waals surface area contributed by atoms with Gasteiger partial charge in [-0.3, -0.25) is 4.79 Å². The van der Waals surface area contributed by atoms with Crippen LogP contribution in [0, 0.1) is 0 Å². The number of phenolic OH excluding ortho intramolecular Hbond substituents is 1. The molecule has 1 rings (SSSR count). The highest BCUT2D eigenvalue weighted by Crippen LogP contribution is 2.31. The van der Waals surface area contributed by atoms with Crippen LogP contribution in [0.25, 0.3) is 0 Å². The average molecular weight is 305 g/mol. The summed E-state index contributed by atoms with van der Waals surface area (Å²) in [6.07, 6.45) is 0. The number of hydrogen-bond acceptors (Lipinski definition) is 4. The van der Waals surface area contributed by atoms with Gasteiger partial charge in [0.1, 0.15) is 11.4 Å². The van der Waals surface area contributed by atoms with E-state index in [9.17, 15) is 15.0 Å². The van der Waals surface area contributed by atoms with Crippen LogP contribution in [0.2, 0.25) is 10.0 Å². The van der Waals surface area contributed by atoms with Crippen LogP contribution in [0.3, 0.4) is 0 Å². The van der Waals surface area contributed by atoms with Crippen molar-refractivity contribution in [2.75, 3.05) is 0 Å². The van der Waals surface area contributed by atoms with Crippen molar-refractivity contribution in [3.63, 3.8) is 0 Å². The molecule has 1 aromatic carbocycles. The number of nitrogens with zero attached hydrogens (tertiary/aromatic N) is 1. The Morgan fingerprint density at radius 1 is 1.37 bits per heavy atom. The first-order valence-corrected chi connectivity index (χ1v) is 6.14. The van der Waals surface area contributed by atoms with Gasteiger partial charge in [0, 0.05) is 10.6 Å². The Kier molecular flexibility index (Phi) is 4.79. The lowest BCUT2D eigenvalue weighted by molar-refractivity contribution is -0.136. The summed E-state index contributed by atoms with van der Waals surface area (Å²) in [5, 5.41) is 23.4. The molecule has 0 saturated heterocycles. The molecule has 0 aliphatic carbocycles. The van der Waals surface area contributed by atoms with Gasteiger partial charge in [-0.25, -0.2) is 5.43 Å². The Labute approximate surface area is 120 Å². The van der Waals surface area contributed by atoms with Crippen molar-refractivity contribution in [3.8, 4) is 5.75 Å². The maximum absolute atomic E-state index is 11.4. The quantitative estimate of drug-likeness (QED) is 0.592. The summed E-state index contributed by atoms with van der Waals surface area (Å²) >= 11 is 11.6. The number of aliphatic hydroxyl groups is 1. The predicted octanol–water partition coefficient (Wildman–Crippen LogP) is 2.31. The average Bonchev–Trinajstić information content (AvgIpc) is 2.28. The Bertz CT molecular complexity index is 537. The molecule has 19 heavy (non-hydrogen) atoms. The van der Waals surface area contributed by atoms with Crippen molar-refractivity contribution in [1.82, 2.24) is 5.43 Å². The van der Waals surface area contributed by atoms with E-state index in [4.69, 9.17) is 23.2 Å². The molecule has 0 bridgehead atoms. The first-order valence-electron chi connectivity index (χ1n) is 5.38. The summed E-state index contributed by atoms with van der Waals surface area (Å²) in [5.41, 5.74) is 1.25. The van der Waals surface area contributed by atoms with Crippen molar-refractivity contribution in [1.29, 1.82) is 0 Å². The monoisotopic (exact) mass is 304 g/mol. The van der Waals surface area contributed by atoms with Crippen molar-refractivity contribution in [2.45, 2.75) is 26.4 Å². The number of carbonyl (C=O) groups excluding carboxylic acids is 1. The molecule has 0 fully saturated rings. The number of hydrazone groups is 1. The number of aromatic hydroxyl groups is 1. The van der Waals surface area contributed by atoms with E-state index in [0.29, 0.717) is 16.3 Å². The van der Waals surface area contributed by atoms with Crippen molar-refractivity contribution < 1.29 is 15.0 Å². The van der Waals surface area contributed by atoms with Gasteiger partial charge < -0.3 is 10.2 Å². The lowest BCUT2D eigenvalue weighted by Crippen LogP contribution is -2.39. The van der Waals surface area contributed by atoms with E-state index in [0.717, 1.165) is 0 Å². The van der Waals surface area contributed by atoms with Gasteiger partial charge in [0.15, 0.2) is 0 Å². The van der Waals surface area contributed by atoms with Crippen LogP contribution in [0.5, 0.6) is 5.75 Å². The Hall–Kier alpha value is -1.30. The van der Waals surface area contributed by atoms with Gasteiger partial charge >= 0.3 is 0 Å². The number of amides is 1. The molecule has 1 amide bonds. The van der Waals surface area contributed by atoms with Crippen molar-refractivity contribution >= 4 is 34.8 Å². The highest BCUT2D eigenvalue weighted by atomic mass is 35.5. The van der Waals surface area contributed by atoms with Gasteiger partial charge in [-0.15, -0.1) is 0 Å². The Morgan fingerprint density at radius 2 is 1.95 bits per heavy atom. The zero-order valence-corrected chi connectivity index (χ0v) is 12.2. The molecule has 3 N–H and O–H groups in total. The first-order chi connectivity index (χ1) is 8.62. The molecule has 0 aliphatic rings. The highest BCUT2D eigenvalue weighted by molar-refractivity contribution is 6.36. The van der Waals surface area contributed by atoms with Gasteiger partial charge in [0.25, 0.3) is 5.91 Å². The van der Waals surface area contributed by atoms with Gasteiger partial charge in [-0.05, 0) is 32.9 Å². The molecular weight excluding hydrogens is 291 g/mol. The summed E-state index contributed by atoms with van der Waals surface area (Å²) in [6, 6.07) is 2.86. The largest absolute Gasteiger partial charge is 0.506 e. The molecule has 104 valence electrons. The number of phenols is 1. The maximum Gasteiger partial charge on any atom is 0.271 e. The normalized spacial score (nSPS) is 12.4. The van der Waals surface area contributed by atoms with Crippen LogP contribution in [0.4, 0.5) is 0 Å². The standard InChI is InChI=1S/C12H14Cl2N2O3/c1-6(15-16-11(18)12(2,3)19)8-4-7(13)5-9(14)10(8)17/h4-5,17,19H,1-3H3,(H,16,18). The lowest BCUT2D eigenvalue weighted by Gasteiger charge is -2.14. The Morgan fingerprint density at radius 3 is 2.47 bits per heavy atom. The third-order valence-electron chi connectivity index (χ3n) is 2.30. The number of carbonyl (C=O) groups is 1. The molecule has 0 aromatic heterocycles. The zero-order valence-electron chi connectivity index (χ0n) is 10.7. The topological polar surface area (TPSA) is 81.9 Å². The second kappa shape index (κ2) is 5.77. The van der Waals surface area contributed by atoms with E-state index < -0.39 is 11.5 Å². The summed E-state index contributed by atoms with van der Waals surface area (Å²) in [5.74, 6) is -0.843. The van der Waals surface area contributed by atoms with Gasteiger partial charge in [0.2, 0.25) is 0 Å². The number of rotatable bonds is 3. The minimum atomic E-state index is -1.54. The molecule has 0 radical (unpaired) electrons. The fourth-order valence-corrected chi connectivity index (χ4v) is 1.67. The lowest BCUT2D eigenvalue weighted by atomic mass is 10.1. The first kappa shape index (κ1) is 15.8. The molecule has 7 heteroatoms. The van der Waals surface area contributed by atoms with Gasteiger partial charge in [-0.2, -0.15) is 5.10 Å². The molecule has 0 aliphatic heterocycles. The highest BCUT2D eigenvalue weighted by Gasteiger charge is 2.23. The van der Waals surface area contributed by atoms with E-state index >= 15 is 0 Å². The number of nitrogens with one attached hydrogen (secondary N) is 1. The zero-order chi connectivity index (χ0) is 14.8. The van der Waals surface area contributed by atoms with Crippen LogP contribution in [0.15, 0.2) is 17.2 Å². The van der Waals surface area contributed by atoms with E-state index in [-0.39, 0.29) is 10.8 Å². The SMILES string of the molecule is CC(=NNC(=O)C(C)(C)O)c1cc(Cl)cc(Cl)c1O. The Balaban J connectivity index is 3.01. The third kappa shape index (κ3) is 4.09. The minimum absolute atomic E-state index is 0.0888. The molecule has 0 saturated carbocycles. The van der Waals surface area contributed by atoms with Crippen LogP contribution >= 0.6 is 23.2 Å². The van der Waals surface area contributed by atoms with Crippen LogP contribution in [0.1, 0.15) is 26.3 Å². The fraction of sp³-hybridized carbons (Fsp3) is 0.333. The van der Waals surface area contributed by atoms with E-state index in [1.165, 1.54) is 26.0 Å². The van der Waals surface area contributed by atoms with Crippen LogP contribution in [-0.4, -0.2) is 27.4 Å². The number of benzene rings is 1. The maximum atomic E-state index is 11.4. The number of halogens is 2. The molecule has 1 aromatic rings. The second-order valence-electron chi connectivity index (χ2n) is 4.48. The van der Waals surface area contributed by atoms with Gasteiger partial charge in [-0.1, -0.05) is 23.2 Å². The van der Waals surface area contributed by atoms with E-state index in [1.54, 1.807) is 6.92 Å². The van der Waals surface area contributed by atoms with Crippen LogP contribution in [-0.2, 0) is 4.79 Å². The summed E-state index contributed by atoms with van der Waals surface area (Å²) in [4.78, 5) is 11.4. The molecule has 0 unspecified atom stereocenters. The predicted molar refractivity (Wildman–Crippen MR) is 74.8 cm³/mol. The molecule has 5 nitrogen and oxygen atoms in total. The van der Waals surface area contributed by atoms with E-state index in [2.05, 4.69) is 10.5 Å². The van der Waals surface area contributed by atoms with Crippen LogP contribution < -0.4 is 5.43 Å². The molecule has 0 heterocycles. The summed E-state index contributed by atoms with van der Waals surface area (Å²) < 4.78 is 0. The van der Waals surface area contributed by atoms with Crippen molar-refractivity contribution in [2.24, 2.45) is 5.10 Å². The molecular formula is C12H14Cl2N2O3. The van der Waals surface area contributed by atoms with Gasteiger partial charge in [0.05, 0.1) is 10.7 Å². The summed E-state index contributed by atoms with van der Waals surface area (Å²) in [7, 11) is 0.